The number of phenols is 1. The molecule has 2 aromatic rings. The summed E-state index contributed by atoms with van der Waals surface area (Å²) >= 11 is 0. The number of benzene rings is 2. The minimum absolute atomic E-state index is 0.190. The number of aromatic hydroxyl groups is 1. The fourth-order valence-corrected chi connectivity index (χ4v) is 4.07. The van der Waals surface area contributed by atoms with Gasteiger partial charge in [-0.25, -0.2) is 0 Å². The Morgan fingerprint density at radius 1 is 1.24 bits per heavy atom. The summed E-state index contributed by atoms with van der Waals surface area (Å²) < 4.78 is 0. The van der Waals surface area contributed by atoms with Crippen LogP contribution in [0.4, 0.5) is 11.4 Å². The maximum absolute atomic E-state index is 9.38. The monoisotopic (exact) mass is 336 g/mol. The predicted octanol–water partition coefficient (Wildman–Crippen LogP) is 5.56. The number of anilines is 1. The van der Waals surface area contributed by atoms with Gasteiger partial charge in [-0.15, -0.1) is 0 Å². The average Bonchev–Trinajstić information content (AvgIpc) is 2.54. The van der Waals surface area contributed by atoms with Gasteiger partial charge in [0.2, 0.25) is 0 Å². The number of fused-ring (bicyclic) bond motifs is 1. The lowest BCUT2D eigenvalue weighted by atomic mass is 9.79. The highest BCUT2D eigenvalue weighted by atomic mass is 16.3. The lowest BCUT2D eigenvalue weighted by molar-refractivity contribution is 0.381. The number of aliphatic imine (C=N–C) groups is 1. The quantitative estimate of drug-likeness (QED) is 0.744. The van der Waals surface area contributed by atoms with E-state index in [4.69, 9.17) is 0 Å². The van der Waals surface area contributed by atoms with Gasteiger partial charge in [0, 0.05) is 24.0 Å². The fraction of sp³-hybridized carbons (Fsp3) is 0.409. The second-order valence-electron chi connectivity index (χ2n) is 7.70. The standard InChI is InChI=1S/C22H28N2O/c1-6-24-21-11-15(2)17(12-20(21)16(3)13-22(24,4)5)14-23-18-7-9-19(25)10-8-18/h7-12,14,16,25H,6,13H2,1-5H3/t16-/m0/s1. The van der Waals surface area contributed by atoms with Crippen LogP contribution in [0, 0.1) is 6.92 Å². The highest BCUT2D eigenvalue weighted by molar-refractivity contribution is 5.86. The number of aryl methyl sites for hydroxylation is 1. The molecule has 0 saturated heterocycles. The molecule has 1 heterocycles. The van der Waals surface area contributed by atoms with E-state index in [2.05, 4.69) is 56.6 Å². The van der Waals surface area contributed by atoms with E-state index in [0.717, 1.165) is 24.2 Å². The number of hydrogen-bond donors (Lipinski definition) is 1. The lowest BCUT2D eigenvalue weighted by Crippen LogP contribution is -2.48. The van der Waals surface area contributed by atoms with E-state index in [1.54, 1.807) is 12.1 Å². The molecule has 1 atom stereocenters. The van der Waals surface area contributed by atoms with Crippen molar-refractivity contribution in [3.05, 3.63) is 53.1 Å². The van der Waals surface area contributed by atoms with E-state index < -0.39 is 0 Å². The summed E-state index contributed by atoms with van der Waals surface area (Å²) in [6, 6.07) is 11.6. The average molecular weight is 336 g/mol. The first-order valence-corrected chi connectivity index (χ1v) is 9.07. The van der Waals surface area contributed by atoms with Crippen molar-refractivity contribution in [1.29, 1.82) is 0 Å². The summed E-state index contributed by atoms with van der Waals surface area (Å²) in [7, 11) is 0. The van der Waals surface area contributed by atoms with Gasteiger partial charge < -0.3 is 10.0 Å². The molecule has 0 radical (unpaired) electrons. The molecule has 1 aliphatic rings. The van der Waals surface area contributed by atoms with Crippen LogP contribution in [0.2, 0.25) is 0 Å². The minimum Gasteiger partial charge on any atom is -0.508 e. The molecular formula is C22H28N2O. The summed E-state index contributed by atoms with van der Waals surface area (Å²) in [5.41, 5.74) is 6.22. The molecule has 3 heteroatoms. The molecule has 25 heavy (non-hydrogen) atoms. The molecule has 3 nitrogen and oxygen atoms in total. The number of phenolic OH excluding ortho intramolecular Hbond substituents is 1. The van der Waals surface area contributed by atoms with Crippen LogP contribution in [-0.4, -0.2) is 23.4 Å². The van der Waals surface area contributed by atoms with Crippen molar-refractivity contribution in [2.24, 2.45) is 4.99 Å². The number of hydrogen-bond acceptors (Lipinski definition) is 3. The molecule has 3 rings (SSSR count). The molecule has 1 N–H and O–H groups in total. The van der Waals surface area contributed by atoms with E-state index in [1.165, 1.54) is 16.8 Å². The highest BCUT2D eigenvalue weighted by Gasteiger charge is 2.35. The molecular weight excluding hydrogens is 308 g/mol. The third kappa shape index (κ3) is 3.41. The van der Waals surface area contributed by atoms with Gasteiger partial charge in [-0.2, -0.15) is 0 Å². The molecule has 2 aromatic carbocycles. The molecule has 132 valence electrons. The Morgan fingerprint density at radius 3 is 2.56 bits per heavy atom. The first-order valence-electron chi connectivity index (χ1n) is 9.07. The van der Waals surface area contributed by atoms with E-state index in [1.807, 2.05) is 18.3 Å². The third-order valence-corrected chi connectivity index (χ3v) is 5.29. The van der Waals surface area contributed by atoms with Gasteiger partial charge in [-0.1, -0.05) is 6.92 Å². The van der Waals surface area contributed by atoms with Crippen LogP contribution in [0.1, 0.15) is 56.7 Å². The highest BCUT2D eigenvalue weighted by Crippen LogP contribution is 2.44. The molecule has 0 fully saturated rings. The summed E-state index contributed by atoms with van der Waals surface area (Å²) in [5, 5.41) is 9.38. The maximum Gasteiger partial charge on any atom is 0.115 e. The second kappa shape index (κ2) is 6.55. The SMILES string of the molecule is CCN1c2cc(C)c(C=Nc3ccc(O)cc3)cc2[C@@H](C)CC1(C)C. The van der Waals surface area contributed by atoms with Gasteiger partial charge in [0.25, 0.3) is 0 Å². The summed E-state index contributed by atoms with van der Waals surface area (Å²) in [6.07, 6.45) is 3.09. The zero-order valence-electron chi connectivity index (χ0n) is 15.9. The largest absolute Gasteiger partial charge is 0.508 e. The molecule has 0 aromatic heterocycles. The number of rotatable bonds is 3. The Kier molecular flexibility index (Phi) is 4.59. The van der Waals surface area contributed by atoms with Crippen molar-refractivity contribution in [2.75, 3.05) is 11.4 Å². The molecule has 0 amide bonds. The van der Waals surface area contributed by atoms with Gasteiger partial charge in [0.05, 0.1) is 5.69 Å². The summed E-state index contributed by atoms with van der Waals surface area (Å²) in [6.45, 7) is 12.4. The van der Waals surface area contributed by atoms with Crippen LogP contribution in [-0.2, 0) is 0 Å². The van der Waals surface area contributed by atoms with Crippen molar-refractivity contribution in [1.82, 2.24) is 0 Å². The van der Waals surface area contributed by atoms with Gasteiger partial charge in [-0.05, 0) is 93.1 Å². The maximum atomic E-state index is 9.38. The Bertz CT molecular complexity index is 790. The Morgan fingerprint density at radius 2 is 1.92 bits per heavy atom. The van der Waals surface area contributed by atoms with Crippen molar-refractivity contribution >= 4 is 17.6 Å². The third-order valence-electron chi connectivity index (χ3n) is 5.29. The van der Waals surface area contributed by atoms with Gasteiger partial charge in [-0.3, -0.25) is 4.99 Å². The van der Waals surface area contributed by atoms with Crippen LogP contribution in [0.15, 0.2) is 41.4 Å². The van der Waals surface area contributed by atoms with Crippen molar-refractivity contribution < 1.29 is 5.11 Å². The van der Waals surface area contributed by atoms with Gasteiger partial charge in [0.15, 0.2) is 0 Å². The molecule has 1 aliphatic heterocycles. The Hall–Kier alpha value is -2.29. The lowest BCUT2D eigenvalue weighted by Gasteiger charge is -2.47. The Balaban J connectivity index is 1.99. The van der Waals surface area contributed by atoms with Crippen LogP contribution >= 0.6 is 0 Å². The van der Waals surface area contributed by atoms with Crippen LogP contribution < -0.4 is 4.90 Å². The van der Waals surface area contributed by atoms with Crippen molar-refractivity contribution in [3.8, 4) is 5.75 Å². The fourth-order valence-electron chi connectivity index (χ4n) is 4.07. The van der Waals surface area contributed by atoms with E-state index in [-0.39, 0.29) is 11.3 Å². The van der Waals surface area contributed by atoms with Crippen LogP contribution in [0.3, 0.4) is 0 Å². The zero-order valence-corrected chi connectivity index (χ0v) is 15.9. The van der Waals surface area contributed by atoms with Crippen molar-refractivity contribution in [2.45, 2.75) is 52.5 Å². The van der Waals surface area contributed by atoms with Gasteiger partial charge >= 0.3 is 0 Å². The molecule has 0 spiro atoms. The normalized spacial score (nSPS) is 19.2. The first kappa shape index (κ1) is 17.5. The Labute approximate surface area is 151 Å². The van der Waals surface area contributed by atoms with Gasteiger partial charge in [0.1, 0.15) is 5.75 Å². The van der Waals surface area contributed by atoms with E-state index in [0.29, 0.717) is 5.92 Å². The van der Waals surface area contributed by atoms with E-state index in [9.17, 15) is 5.11 Å². The van der Waals surface area contributed by atoms with Crippen LogP contribution in [0.25, 0.3) is 0 Å². The topological polar surface area (TPSA) is 35.8 Å². The van der Waals surface area contributed by atoms with Crippen molar-refractivity contribution in [3.63, 3.8) is 0 Å². The second-order valence-corrected chi connectivity index (χ2v) is 7.70. The zero-order chi connectivity index (χ0) is 18.2. The van der Waals surface area contributed by atoms with Crippen LogP contribution in [0.5, 0.6) is 5.75 Å². The minimum atomic E-state index is 0.190. The molecule has 0 saturated carbocycles. The molecule has 0 bridgehead atoms. The molecule has 0 unspecified atom stereocenters. The summed E-state index contributed by atoms with van der Waals surface area (Å²) in [5.74, 6) is 0.800. The first-order chi connectivity index (χ1) is 11.8. The van der Waals surface area contributed by atoms with E-state index >= 15 is 0 Å². The predicted molar refractivity (Wildman–Crippen MR) is 107 cm³/mol. The number of nitrogens with zero attached hydrogens (tertiary/aromatic N) is 2. The summed E-state index contributed by atoms with van der Waals surface area (Å²) in [4.78, 5) is 7.09. The molecule has 0 aliphatic carbocycles. The smallest absolute Gasteiger partial charge is 0.115 e.